The number of hydrogen-bond acceptors (Lipinski definition) is 8. The van der Waals surface area contributed by atoms with Gasteiger partial charge in [-0.15, -0.1) is 11.8 Å². The van der Waals surface area contributed by atoms with E-state index in [2.05, 4.69) is 4.40 Å². The molecule has 8 heteroatoms. The molecule has 1 fully saturated rings. The highest BCUT2D eigenvalue weighted by Gasteiger charge is 2.57. The number of carbonyl (C=O) groups is 2. The molecule has 30 heavy (non-hydrogen) atoms. The van der Waals surface area contributed by atoms with Gasteiger partial charge in [-0.3, -0.25) is 4.79 Å². The number of thioether (sulfide) groups is 1. The molecule has 4 rings (SSSR count). The molecule has 0 saturated carbocycles. The van der Waals surface area contributed by atoms with Gasteiger partial charge in [-0.1, -0.05) is 60.7 Å². The summed E-state index contributed by atoms with van der Waals surface area (Å²) in [7, 11) is 1.33. The smallest absolute Gasteiger partial charge is 0.355 e. The van der Waals surface area contributed by atoms with Crippen molar-refractivity contribution in [2.24, 2.45) is 4.40 Å². The van der Waals surface area contributed by atoms with Gasteiger partial charge in [0.1, 0.15) is 11.4 Å². The SMILES string of the molecule is COC(=O)C1=NSN2[C@@H]1SC(C)(C)[C@@H]2C(=O)OC(c1ccccc1)c1ccccc1. The van der Waals surface area contributed by atoms with Gasteiger partial charge in [-0.2, -0.15) is 8.70 Å². The molecule has 2 heterocycles. The van der Waals surface area contributed by atoms with E-state index in [1.807, 2.05) is 78.8 Å². The number of carbonyl (C=O) groups excluding carboxylic acids is 2. The highest BCUT2D eigenvalue weighted by atomic mass is 32.2. The molecule has 2 aliphatic rings. The van der Waals surface area contributed by atoms with Crippen molar-refractivity contribution in [1.29, 1.82) is 0 Å². The maximum atomic E-state index is 13.4. The van der Waals surface area contributed by atoms with E-state index in [-0.39, 0.29) is 11.3 Å². The Morgan fingerprint density at radius 3 is 2.13 bits per heavy atom. The van der Waals surface area contributed by atoms with Crippen molar-refractivity contribution in [3.05, 3.63) is 71.8 Å². The summed E-state index contributed by atoms with van der Waals surface area (Å²) in [4.78, 5) is 25.5. The normalized spacial score (nSPS) is 22.5. The van der Waals surface area contributed by atoms with Crippen molar-refractivity contribution in [3.8, 4) is 0 Å². The zero-order chi connectivity index (χ0) is 21.3. The van der Waals surface area contributed by atoms with Gasteiger partial charge in [-0.05, 0) is 25.0 Å². The fraction of sp³-hybridized carbons (Fsp3) is 0.318. The molecule has 2 atom stereocenters. The molecule has 0 N–H and O–H groups in total. The van der Waals surface area contributed by atoms with Crippen LogP contribution in [0.5, 0.6) is 0 Å². The van der Waals surface area contributed by atoms with Crippen molar-refractivity contribution in [2.45, 2.75) is 36.1 Å². The first kappa shape index (κ1) is 21.0. The van der Waals surface area contributed by atoms with E-state index in [4.69, 9.17) is 9.47 Å². The third-order valence-corrected chi connectivity index (χ3v) is 7.61. The van der Waals surface area contributed by atoms with Crippen LogP contribution in [0.15, 0.2) is 65.1 Å². The molecule has 0 aromatic heterocycles. The predicted octanol–water partition coefficient (Wildman–Crippen LogP) is 4.03. The van der Waals surface area contributed by atoms with Crippen LogP contribution in [0.3, 0.4) is 0 Å². The minimum Gasteiger partial charge on any atom is -0.464 e. The summed E-state index contributed by atoms with van der Waals surface area (Å²) in [5, 5.41) is -0.345. The maximum Gasteiger partial charge on any atom is 0.355 e. The Morgan fingerprint density at radius 1 is 1.03 bits per heavy atom. The average molecular weight is 443 g/mol. The Morgan fingerprint density at radius 2 is 1.60 bits per heavy atom. The Hall–Kier alpha value is -2.29. The number of nitrogens with zero attached hydrogens (tertiary/aromatic N) is 2. The maximum absolute atomic E-state index is 13.4. The molecule has 156 valence electrons. The molecular formula is C22H22N2O4S2. The Bertz CT molecular complexity index is 926. The first-order valence-corrected chi connectivity index (χ1v) is 11.1. The van der Waals surface area contributed by atoms with Gasteiger partial charge in [0.05, 0.1) is 19.2 Å². The number of esters is 2. The van der Waals surface area contributed by atoms with Crippen LogP contribution in [0.4, 0.5) is 0 Å². The number of methoxy groups -OCH3 is 1. The number of fused-ring (bicyclic) bond motifs is 1. The molecule has 0 aliphatic carbocycles. The molecule has 6 nitrogen and oxygen atoms in total. The quantitative estimate of drug-likeness (QED) is 0.511. The van der Waals surface area contributed by atoms with E-state index in [1.54, 1.807) is 0 Å². The van der Waals surface area contributed by atoms with Gasteiger partial charge in [0.25, 0.3) is 0 Å². The zero-order valence-electron chi connectivity index (χ0n) is 16.8. The van der Waals surface area contributed by atoms with Crippen molar-refractivity contribution in [3.63, 3.8) is 0 Å². The lowest BCUT2D eigenvalue weighted by molar-refractivity contribution is -0.152. The van der Waals surface area contributed by atoms with Crippen LogP contribution in [0.2, 0.25) is 0 Å². The summed E-state index contributed by atoms with van der Waals surface area (Å²) in [5.41, 5.74) is 2.12. The monoisotopic (exact) mass is 442 g/mol. The first-order valence-electron chi connectivity index (χ1n) is 9.52. The van der Waals surface area contributed by atoms with Crippen LogP contribution in [-0.4, -0.2) is 45.2 Å². The molecular weight excluding hydrogens is 420 g/mol. The van der Waals surface area contributed by atoms with Crippen molar-refractivity contribution >= 4 is 41.5 Å². The summed E-state index contributed by atoms with van der Waals surface area (Å²) in [6.07, 6.45) is -0.520. The minimum atomic E-state index is -0.571. The van der Waals surface area contributed by atoms with E-state index in [0.29, 0.717) is 5.71 Å². The molecule has 2 aliphatic heterocycles. The van der Waals surface area contributed by atoms with E-state index >= 15 is 0 Å². The third-order valence-electron chi connectivity index (χ3n) is 5.08. The van der Waals surface area contributed by atoms with Crippen molar-refractivity contribution in [2.75, 3.05) is 7.11 Å². The lowest BCUT2D eigenvalue weighted by Gasteiger charge is -2.29. The lowest BCUT2D eigenvalue weighted by atomic mass is 10.00. The summed E-state index contributed by atoms with van der Waals surface area (Å²) >= 11 is 2.64. The van der Waals surface area contributed by atoms with Crippen LogP contribution < -0.4 is 0 Å². The van der Waals surface area contributed by atoms with Gasteiger partial charge in [0.15, 0.2) is 11.8 Å². The second-order valence-corrected chi connectivity index (χ2v) is 10.0. The van der Waals surface area contributed by atoms with E-state index in [1.165, 1.54) is 18.9 Å². The second-order valence-electron chi connectivity index (χ2n) is 7.52. The highest BCUT2D eigenvalue weighted by Crippen LogP contribution is 2.52. The topological polar surface area (TPSA) is 68.2 Å². The Balaban J connectivity index is 1.61. The highest BCUT2D eigenvalue weighted by molar-refractivity contribution is 8.05. The minimum absolute atomic E-state index is 0.318. The zero-order valence-corrected chi connectivity index (χ0v) is 18.5. The van der Waals surface area contributed by atoms with Crippen LogP contribution in [0, 0.1) is 0 Å². The largest absolute Gasteiger partial charge is 0.464 e. The molecule has 1 saturated heterocycles. The first-order chi connectivity index (χ1) is 14.4. The number of rotatable bonds is 5. The average Bonchev–Trinajstić information content (AvgIpc) is 3.26. The fourth-order valence-electron chi connectivity index (χ4n) is 3.64. The standard InChI is InChI=1S/C22H22N2O4S2/c1-22(2)18(24-19(29-22)16(23-30-24)20(25)27-3)21(26)28-17(14-10-6-4-7-11-14)15-12-8-5-9-13-15/h4-13,17-19H,1-3H3/t18-,19+/m0/s1. The molecule has 2 aromatic rings. The fourth-order valence-corrected chi connectivity index (χ4v) is 6.41. The van der Waals surface area contributed by atoms with Crippen molar-refractivity contribution in [1.82, 2.24) is 4.31 Å². The van der Waals surface area contributed by atoms with Crippen LogP contribution in [-0.2, 0) is 19.1 Å². The summed E-state index contributed by atoms with van der Waals surface area (Å²) in [6, 6.07) is 18.8. The van der Waals surface area contributed by atoms with Gasteiger partial charge >= 0.3 is 11.9 Å². The molecule has 0 bridgehead atoms. The van der Waals surface area contributed by atoms with Gasteiger partial charge in [0.2, 0.25) is 0 Å². The molecule has 0 radical (unpaired) electrons. The second kappa shape index (κ2) is 8.45. The lowest BCUT2D eigenvalue weighted by Crippen LogP contribution is -2.46. The van der Waals surface area contributed by atoms with E-state index < -0.39 is 22.9 Å². The predicted molar refractivity (Wildman–Crippen MR) is 119 cm³/mol. The molecule has 2 aromatic carbocycles. The Kier molecular flexibility index (Phi) is 5.90. The summed E-state index contributed by atoms with van der Waals surface area (Å²) < 4.78 is 16.6. The van der Waals surface area contributed by atoms with Crippen LogP contribution in [0.1, 0.15) is 31.1 Å². The number of hydrogen-bond donors (Lipinski definition) is 0. The summed E-state index contributed by atoms with van der Waals surface area (Å²) in [5.74, 6) is -0.819. The van der Waals surface area contributed by atoms with Gasteiger partial charge < -0.3 is 9.47 Å². The van der Waals surface area contributed by atoms with E-state index in [9.17, 15) is 9.59 Å². The molecule has 0 unspecified atom stereocenters. The molecule has 0 spiro atoms. The van der Waals surface area contributed by atoms with Crippen LogP contribution in [0.25, 0.3) is 0 Å². The Labute approximate surface area is 184 Å². The third kappa shape index (κ3) is 3.87. The van der Waals surface area contributed by atoms with Crippen molar-refractivity contribution < 1.29 is 19.1 Å². The van der Waals surface area contributed by atoms with E-state index in [0.717, 1.165) is 23.3 Å². The van der Waals surface area contributed by atoms with Gasteiger partial charge in [0, 0.05) is 4.75 Å². The summed E-state index contributed by atoms with van der Waals surface area (Å²) in [6.45, 7) is 3.97. The van der Waals surface area contributed by atoms with Gasteiger partial charge in [-0.25, -0.2) is 4.79 Å². The number of benzene rings is 2. The molecule has 0 amide bonds. The van der Waals surface area contributed by atoms with Crippen LogP contribution >= 0.6 is 23.9 Å². The number of ether oxygens (including phenoxy) is 2.